The molecule has 0 saturated carbocycles. The first kappa shape index (κ1) is 14.3. The van der Waals surface area contributed by atoms with Crippen molar-refractivity contribution >= 4 is 38.5 Å². The molecule has 0 spiro atoms. The molecule has 0 amide bonds. The van der Waals surface area contributed by atoms with Crippen molar-refractivity contribution in [3.8, 4) is 0 Å². The third-order valence-electron chi connectivity index (χ3n) is 3.97. The lowest BCUT2D eigenvalue weighted by molar-refractivity contribution is 0.619. The minimum Gasteiger partial charge on any atom is -0.368 e. The van der Waals surface area contributed by atoms with Gasteiger partial charge >= 0.3 is 0 Å². The molecule has 2 heterocycles. The smallest absolute Gasteiger partial charge is 0.221 e. The number of aromatic nitrogens is 4. The summed E-state index contributed by atoms with van der Waals surface area (Å²) in [6.45, 7) is 2.74. The predicted molar refractivity (Wildman–Crippen MR) is 90.3 cm³/mol. The van der Waals surface area contributed by atoms with Crippen LogP contribution < -0.4 is 5.73 Å². The van der Waals surface area contributed by atoms with E-state index in [2.05, 4.69) is 31.0 Å². The number of fused-ring (bicyclic) bond motifs is 2. The van der Waals surface area contributed by atoms with Crippen LogP contribution in [0.4, 0.5) is 10.3 Å². The molecule has 0 atom stereocenters. The van der Waals surface area contributed by atoms with E-state index in [1.807, 2.05) is 19.2 Å². The lowest BCUT2D eigenvalue weighted by atomic mass is 10.0. The van der Waals surface area contributed by atoms with E-state index >= 15 is 0 Å². The molecule has 0 unspecified atom stereocenters. The Morgan fingerprint density at radius 1 is 1.35 bits per heavy atom. The van der Waals surface area contributed by atoms with E-state index < -0.39 is 0 Å². The highest BCUT2D eigenvalue weighted by atomic mass is 79.9. The summed E-state index contributed by atoms with van der Waals surface area (Å²) in [6.07, 6.45) is 4.55. The normalized spacial score (nSPS) is 13.4. The number of benzene rings is 1. The lowest BCUT2D eigenvalue weighted by Gasteiger charge is -2.08. The number of hydrogen-bond acceptors (Lipinski definition) is 4. The van der Waals surface area contributed by atoms with Gasteiger partial charge in [-0.3, -0.25) is 4.68 Å². The Hall–Kier alpha value is -2.28. The van der Waals surface area contributed by atoms with Crippen LogP contribution in [0.1, 0.15) is 23.7 Å². The van der Waals surface area contributed by atoms with E-state index in [0.29, 0.717) is 27.6 Å². The molecule has 1 aliphatic rings. The van der Waals surface area contributed by atoms with Gasteiger partial charge in [-0.1, -0.05) is 6.08 Å². The fraction of sp³-hybridized carbons (Fsp3) is 0.188. The van der Waals surface area contributed by atoms with Gasteiger partial charge in [0.15, 0.2) is 0 Å². The Kier molecular flexibility index (Phi) is 3.19. The molecule has 5 nitrogen and oxygen atoms in total. The molecule has 1 aromatic carbocycles. The Morgan fingerprint density at radius 2 is 2.17 bits per heavy atom. The van der Waals surface area contributed by atoms with Crippen molar-refractivity contribution < 1.29 is 4.39 Å². The standard InChI is InChI=1S/C16H13BrFN5/c1-2-23-7-13-15(22-23)14(21-16(19)20-13)9-4-3-8-5-12(18)11(17)6-10(8)9/h4-7H,2-3H2,1H3,(H2,19,20). The number of nitrogen functional groups attached to an aromatic ring is 1. The van der Waals surface area contributed by atoms with Crippen LogP contribution in [0.25, 0.3) is 16.6 Å². The summed E-state index contributed by atoms with van der Waals surface area (Å²) in [4.78, 5) is 8.65. The van der Waals surface area contributed by atoms with Gasteiger partial charge in [-0.25, -0.2) is 14.4 Å². The summed E-state index contributed by atoms with van der Waals surface area (Å²) in [5.74, 6) is -0.0558. The summed E-state index contributed by atoms with van der Waals surface area (Å²) in [5.41, 5.74) is 10.8. The fourth-order valence-electron chi connectivity index (χ4n) is 2.88. The van der Waals surface area contributed by atoms with Crippen molar-refractivity contribution in [2.24, 2.45) is 0 Å². The molecule has 0 radical (unpaired) electrons. The van der Waals surface area contributed by atoms with E-state index in [9.17, 15) is 4.39 Å². The van der Waals surface area contributed by atoms with Crippen molar-refractivity contribution in [2.45, 2.75) is 19.9 Å². The van der Waals surface area contributed by atoms with Gasteiger partial charge in [-0.15, -0.1) is 0 Å². The highest BCUT2D eigenvalue weighted by Gasteiger charge is 2.22. The first-order valence-corrected chi connectivity index (χ1v) is 8.05. The average molecular weight is 374 g/mol. The number of nitrogens with zero attached hydrogens (tertiary/aromatic N) is 4. The molecular weight excluding hydrogens is 361 g/mol. The van der Waals surface area contributed by atoms with Crippen LogP contribution >= 0.6 is 15.9 Å². The molecule has 2 aromatic heterocycles. The maximum absolute atomic E-state index is 13.7. The van der Waals surface area contributed by atoms with Crippen molar-refractivity contribution in [3.05, 3.63) is 51.5 Å². The first-order valence-electron chi connectivity index (χ1n) is 7.26. The van der Waals surface area contributed by atoms with E-state index in [-0.39, 0.29) is 11.8 Å². The van der Waals surface area contributed by atoms with E-state index in [0.717, 1.165) is 23.2 Å². The Bertz CT molecular complexity index is 976. The second-order valence-corrected chi connectivity index (χ2v) is 6.25. The molecule has 116 valence electrons. The largest absolute Gasteiger partial charge is 0.368 e. The van der Waals surface area contributed by atoms with Gasteiger partial charge in [-0.2, -0.15) is 5.10 Å². The van der Waals surface area contributed by atoms with Crippen LogP contribution in [0.5, 0.6) is 0 Å². The Morgan fingerprint density at radius 3 is 2.96 bits per heavy atom. The van der Waals surface area contributed by atoms with Gasteiger partial charge in [0.1, 0.15) is 22.5 Å². The van der Waals surface area contributed by atoms with Crippen LogP contribution in [0.15, 0.2) is 28.9 Å². The molecule has 0 fully saturated rings. The number of nitrogens with two attached hydrogens (primary N) is 1. The van der Waals surface area contributed by atoms with E-state index in [1.165, 1.54) is 0 Å². The minimum absolute atomic E-state index is 0.207. The number of anilines is 1. The van der Waals surface area contributed by atoms with Crippen LogP contribution in [-0.2, 0) is 13.0 Å². The van der Waals surface area contributed by atoms with Crippen LogP contribution in [0, 0.1) is 5.82 Å². The summed E-state index contributed by atoms with van der Waals surface area (Å²) < 4.78 is 16.0. The quantitative estimate of drug-likeness (QED) is 0.747. The number of aryl methyl sites for hydroxylation is 1. The van der Waals surface area contributed by atoms with Crippen molar-refractivity contribution in [3.63, 3.8) is 0 Å². The molecule has 1 aliphatic carbocycles. The van der Waals surface area contributed by atoms with Crippen LogP contribution in [-0.4, -0.2) is 19.7 Å². The summed E-state index contributed by atoms with van der Waals surface area (Å²) in [7, 11) is 0. The zero-order valence-corrected chi connectivity index (χ0v) is 13.9. The number of rotatable bonds is 2. The van der Waals surface area contributed by atoms with Crippen molar-refractivity contribution in [2.75, 3.05) is 5.73 Å². The third-order valence-corrected chi connectivity index (χ3v) is 4.58. The van der Waals surface area contributed by atoms with Gasteiger partial charge in [0.05, 0.1) is 10.7 Å². The number of halogens is 2. The number of allylic oxidation sites excluding steroid dienone is 1. The second-order valence-electron chi connectivity index (χ2n) is 5.39. The summed E-state index contributed by atoms with van der Waals surface area (Å²) in [5, 5.41) is 4.54. The summed E-state index contributed by atoms with van der Waals surface area (Å²) in [6, 6.07) is 3.33. The number of hydrogen-bond donors (Lipinski definition) is 1. The second kappa shape index (κ2) is 5.13. The maximum atomic E-state index is 13.7. The Balaban J connectivity index is 1.95. The van der Waals surface area contributed by atoms with Gasteiger partial charge in [0.2, 0.25) is 5.95 Å². The van der Waals surface area contributed by atoms with E-state index in [4.69, 9.17) is 5.73 Å². The monoisotopic (exact) mass is 373 g/mol. The molecule has 0 aliphatic heterocycles. The van der Waals surface area contributed by atoms with Gasteiger partial charge in [-0.05, 0) is 52.5 Å². The first-order chi connectivity index (χ1) is 11.1. The highest BCUT2D eigenvalue weighted by Crippen LogP contribution is 2.37. The van der Waals surface area contributed by atoms with Gasteiger partial charge in [0, 0.05) is 12.1 Å². The topological polar surface area (TPSA) is 69.6 Å². The molecule has 3 aromatic rings. The van der Waals surface area contributed by atoms with Gasteiger partial charge in [0.25, 0.3) is 0 Å². The molecule has 7 heteroatoms. The molecular formula is C16H13BrFN5. The molecule has 2 N–H and O–H groups in total. The minimum atomic E-state index is -0.263. The molecule has 23 heavy (non-hydrogen) atoms. The van der Waals surface area contributed by atoms with Gasteiger partial charge < -0.3 is 5.73 Å². The molecule has 0 saturated heterocycles. The molecule has 0 bridgehead atoms. The third kappa shape index (κ3) is 2.23. The molecule has 4 rings (SSSR count). The van der Waals surface area contributed by atoms with Crippen molar-refractivity contribution in [1.82, 2.24) is 19.7 Å². The Labute approximate surface area is 140 Å². The predicted octanol–water partition coefficient (Wildman–Crippen LogP) is 3.32. The van der Waals surface area contributed by atoms with Crippen LogP contribution in [0.2, 0.25) is 0 Å². The SMILES string of the molecule is CCn1cc2nc(N)nc(C3=CCc4cc(F)c(Br)cc43)c2n1. The lowest BCUT2D eigenvalue weighted by Crippen LogP contribution is -2.01. The summed E-state index contributed by atoms with van der Waals surface area (Å²) >= 11 is 3.25. The zero-order chi connectivity index (χ0) is 16.1. The van der Waals surface area contributed by atoms with E-state index in [1.54, 1.807) is 16.8 Å². The maximum Gasteiger partial charge on any atom is 0.221 e. The highest BCUT2D eigenvalue weighted by molar-refractivity contribution is 9.10. The zero-order valence-electron chi connectivity index (χ0n) is 12.3. The fourth-order valence-corrected chi connectivity index (χ4v) is 3.22. The van der Waals surface area contributed by atoms with Crippen LogP contribution in [0.3, 0.4) is 0 Å². The average Bonchev–Trinajstić information content (AvgIpc) is 3.10. The van der Waals surface area contributed by atoms with Crippen molar-refractivity contribution in [1.29, 1.82) is 0 Å².